The number of benzene rings is 1. The van der Waals surface area contributed by atoms with Crippen molar-refractivity contribution in [3.8, 4) is 5.75 Å². The Hall–Kier alpha value is -1.59. The highest BCUT2D eigenvalue weighted by Gasteiger charge is 2.36. The molecule has 1 aromatic carbocycles. The van der Waals surface area contributed by atoms with Gasteiger partial charge in [0.2, 0.25) is 6.23 Å². The summed E-state index contributed by atoms with van der Waals surface area (Å²) in [4.78, 5) is 10.8. The molecule has 1 aliphatic heterocycles. The number of carboxylic acid groups (broad SMARTS) is 1. The summed E-state index contributed by atoms with van der Waals surface area (Å²) in [6, 6.07) is 6.48. The van der Waals surface area contributed by atoms with E-state index >= 15 is 0 Å². The summed E-state index contributed by atoms with van der Waals surface area (Å²) in [5.74, 6) is -0.842. The molecule has 0 aromatic heterocycles. The molecule has 1 aromatic rings. The molecule has 1 heterocycles. The van der Waals surface area contributed by atoms with E-state index in [9.17, 15) is 4.79 Å². The largest absolute Gasteiger partial charge is 0.508 e. The van der Waals surface area contributed by atoms with Gasteiger partial charge in [-0.3, -0.25) is 5.32 Å². The number of hydrogen-bond acceptors (Lipinski definition) is 4. The van der Waals surface area contributed by atoms with E-state index in [2.05, 4.69) is 5.32 Å². The van der Waals surface area contributed by atoms with E-state index in [0.29, 0.717) is 0 Å². The van der Waals surface area contributed by atoms with E-state index in [1.807, 2.05) is 6.92 Å². The van der Waals surface area contributed by atoms with Crippen LogP contribution in [0.3, 0.4) is 0 Å². The molecule has 0 saturated carbocycles. The smallest absolute Gasteiger partial charge is 0.348 e. The minimum Gasteiger partial charge on any atom is -0.508 e. The predicted molar refractivity (Wildman–Crippen MR) is 56.0 cm³/mol. The van der Waals surface area contributed by atoms with E-state index in [1.165, 1.54) is 0 Å². The second kappa shape index (κ2) is 4.11. The number of nitrogens with one attached hydrogen (secondary N) is 1. The molecule has 3 unspecified atom stereocenters. The highest BCUT2D eigenvalue weighted by atomic mass is 16.5. The average molecular weight is 223 g/mol. The number of rotatable bonds is 2. The topological polar surface area (TPSA) is 78.8 Å². The van der Waals surface area contributed by atoms with E-state index in [-0.39, 0.29) is 17.9 Å². The molecule has 0 amide bonds. The molecule has 3 N–H and O–H groups in total. The molecule has 2 rings (SSSR count). The second-order valence-corrected chi connectivity index (χ2v) is 3.82. The number of phenols is 1. The van der Waals surface area contributed by atoms with Crippen molar-refractivity contribution in [1.82, 2.24) is 5.32 Å². The maximum atomic E-state index is 10.8. The summed E-state index contributed by atoms with van der Waals surface area (Å²) in [5, 5.41) is 20.8. The number of aliphatic carboxylic acids is 1. The molecule has 86 valence electrons. The minimum absolute atomic E-state index is 0.0781. The van der Waals surface area contributed by atoms with Crippen LogP contribution in [-0.2, 0) is 9.53 Å². The Bertz CT molecular complexity index is 389. The molecular formula is C11H13NO4. The highest BCUT2D eigenvalue weighted by molar-refractivity contribution is 5.72. The first-order valence-electron chi connectivity index (χ1n) is 5.01. The van der Waals surface area contributed by atoms with Crippen molar-refractivity contribution in [2.75, 3.05) is 0 Å². The summed E-state index contributed by atoms with van der Waals surface area (Å²) < 4.78 is 5.37. The van der Waals surface area contributed by atoms with Gasteiger partial charge in [0.25, 0.3) is 0 Å². The molecule has 5 heteroatoms. The van der Waals surface area contributed by atoms with Crippen LogP contribution in [0, 0.1) is 0 Å². The Balaban J connectivity index is 2.16. The Morgan fingerprint density at radius 1 is 1.38 bits per heavy atom. The van der Waals surface area contributed by atoms with Crippen LogP contribution in [0.25, 0.3) is 0 Å². The molecule has 0 bridgehead atoms. The van der Waals surface area contributed by atoms with Crippen molar-refractivity contribution in [1.29, 1.82) is 0 Å². The molecule has 0 aliphatic carbocycles. The summed E-state index contributed by atoms with van der Waals surface area (Å²) in [6.07, 6.45) is -1.27. The average Bonchev–Trinajstić information content (AvgIpc) is 2.62. The van der Waals surface area contributed by atoms with Gasteiger partial charge < -0.3 is 14.9 Å². The van der Waals surface area contributed by atoms with E-state index in [0.717, 1.165) is 5.56 Å². The molecule has 1 saturated heterocycles. The predicted octanol–water partition coefficient (Wildman–Crippen LogP) is 0.852. The van der Waals surface area contributed by atoms with Crippen molar-refractivity contribution < 1.29 is 19.7 Å². The quantitative estimate of drug-likeness (QED) is 0.692. The van der Waals surface area contributed by atoms with Crippen LogP contribution in [0.1, 0.15) is 18.6 Å². The van der Waals surface area contributed by atoms with Crippen LogP contribution < -0.4 is 5.32 Å². The zero-order valence-electron chi connectivity index (χ0n) is 8.75. The first-order valence-corrected chi connectivity index (χ1v) is 5.01. The lowest BCUT2D eigenvalue weighted by molar-refractivity contribution is -0.150. The molecule has 1 fully saturated rings. The van der Waals surface area contributed by atoms with Crippen molar-refractivity contribution >= 4 is 5.97 Å². The fourth-order valence-corrected chi connectivity index (χ4v) is 1.79. The maximum absolute atomic E-state index is 10.8. The summed E-state index contributed by atoms with van der Waals surface area (Å²) in [7, 11) is 0. The van der Waals surface area contributed by atoms with Crippen molar-refractivity contribution in [3.05, 3.63) is 29.8 Å². The van der Waals surface area contributed by atoms with Crippen LogP contribution in [0.5, 0.6) is 5.75 Å². The van der Waals surface area contributed by atoms with Gasteiger partial charge in [-0.25, -0.2) is 4.79 Å². The van der Waals surface area contributed by atoms with Gasteiger partial charge in [0, 0.05) is 6.04 Å². The Morgan fingerprint density at radius 3 is 2.50 bits per heavy atom. The van der Waals surface area contributed by atoms with Gasteiger partial charge in [0.1, 0.15) is 11.9 Å². The lowest BCUT2D eigenvalue weighted by Crippen LogP contribution is -2.34. The SMILES string of the molecule is CC1NC(C(=O)O)OC1c1ccc(O)cc1. The maximum Gasteiger partial charge on any atom is 0.348 e. The van der Waals surface area contributed by atoms with Gasteiger partial charge in [-0.05, 0) is 24.6 Å². The van der Waals surface area contributed by atoms with Crippen molar-refractivity contribution in [2.45, 2.75) is 25.3 Å². The minimum atomic E-state index is -1.02. The summed E-state index contributed by atoms with van der Waals surface area (Å²) in [6.45, 7) is 1.86. The van der Waals surface area contributed by atoms with Crippen LogP contribution in [0.2, 0.25) is 0 Å². The van der Waals surface area contributed by atoms with Gasteiger partial charge in [0.15, 0.2) is 0 Å². The van der Waals surface area contributed by atoms with E-state index < -0.39 is 12.2 Å². The van der Waals surface area contributed by atoms with Gasteiger partial charge in [-0.15, -0.1) is 0 Å². The zero-order chi connectivity index (χ0) is 11.7. The van der Waals surface area contributed by atoms with Gasteiger partial charge in [-0.1, -0.05) is 12.1 Å². The molecule has 5 nitrogen and oxygen atoms in total. The Labute approximate surface area is 92.7 Å². The number of carbonyl (C=O) groups is 1. The lowest BCUT2D eigenvalue weighted by atomic mass is 10.0. The summed E-state index contributed by atoms with van der Waals surface area (Å²) in [5.41, 5.74) is 0.849. The fraction of sp³-hybridized carbons (Fsp3) is 0.364. The Morgan fingerprint density at radius 2 is 2.00 bits per heavy atom. The van der Waals surface area contributed by atoms with Crippen molar-refractivity contribution in [3.63, 3.8) is 0 Å². The molecule has 1 aliphatic rings. The first-order chi connectivity index (χ1) is 7.58. The standard InChI is InChI=1S/C11H13NO4/c1-6-9(16-10(12-6)11(14)15)7-2-4-8(13)5-3-7/h2-6,9-10,12-13H,1H3,(H,14,15). The normalized spacial score (nSPS) is 29.2. The van der Waals surface area contributed by atoms with Crippen LogP contribution in [0.4, 0.5) is 0 Å². The van der Waals surface area contributed by atoms with Crippen LogP contribution in [0.15, 0.2) is 24.3 Å². The fourth-order valence-electron chi connectivity index (χ4n) is 1.79. The Kier molecular flexibility index (Phi) is 2.80. The molecule has 0 radical (unpaired) electrons. The third kappa shape index (κ3) is 2.00. The van der Waals surface area contributed by atoms with Crippen molar-refractivity contribution in [2.24, 2.45) is 0 Å². The number of ether oxygens (including phenoxy) is 1. The van der Waals surface area contributed by atoms with E-state index in [4.69, 9.17) is 14.9 Å². The molecular weight excluding hydrogens is 210 g/mol. The summed E-state index contributed by atoms with van der Waals surface area (Å²) >= 11 is 0. The van der Waals surface area contributed by atoms with Gasteiger partial charge in [0.05, 0.1) is 0 Å². The number of phenolic OH excluding ortho intramolecular Hbond substituents is 1. The number of aromatic hydroxyl groups is 1. The monoisotopic (exact) mass is 223 g/mol. The lowest BCUT2D eigenvalue weighted by Gasteiger charge is -2.13. The van der Waals surface area contributed by atoms with Gasteiger partial charge in [-0.2, -0.15) is 0 Å². The molecule has 16 heavy (non-hydrogen) atoms. The van der Waals surface area contributed by atoms with Gasteiger partial charge >= 0.3 is 5.97 Å². The second-order valence-electron chi connectivity index (χ2n) is 3.82. The molecule has 3 atom stereocenters. The van der Waals surface area contributed by atoms with Crippen LogP contribution in [-0.4, -0.2) is 28.5 Å². The third-order valence-corrected chi connectivity index (χ3v) is 2.60. The highest BCUT2D eigenvalue weighted by Crippen LogP contribution is 2.28. The molecule has 0 spiro atoms. The number of carboxylic acids is 1. The zero-order valence-corrected chi connectivity index (χ0v) is 8.75. The third-order valence-electron chi connectivity index (χ3n) is 2.60. The number of hydrogen-bond donors (Lipinski definition) is 3. The first kappa shape index (κ1) is 10.9. The van der Waals surface area contributed by atoms with E-state index in [1.54, 1.807) is 24.3 Å². The van der Waals surface area contributed by atoms with Crippen LogP contribution >= 0.6 is 0 Å².